The number of hydrogen-bond donors (Lipinski definition) is 6. The number of ether oxygens (including phenoxy) is 6. The van der Waals surface area contributed by atoms with Crippen LogP contribution in [0.5, 0.6) is 0 Å². The number of aliphatic hydroxyl groups is 2. The molecule has 21 heteroatoms. The summed E-state index contributed by atoms with van der Waals surface area (Å²) in [6.45, 7) is 13.1. The van der Waals surface area contributed by atoms with Gasteiger partial charge in [0.15, 0.2) is 12.4 Å². The van der Waals surface area contributed by atoms with E-state index in [2.05, 4.69) is 52.2 Å². The lowest BCUT2D eigenvalue weighted by Gasteiger charge is -2.46. The molecule has 1 heterocycles. The minimum atomic E-state index is -5.53. The van der Waals surface area contributed by atoms with Gasteiger partial charge in [0.1, 0.15) is 36.6 Å². The summed E-state index contributed by atoms with van der Waals surface area (Å²) in [5.74, 6) is -3.26. The Hall–Kier alpha value is -3.23. The molecule has 117 heavy (non-hydrogen) atoms. The Morgan fingerprint density at radius 2 is 0.650 bits per heavy atom. The van der Waals surface area contributed by atoms with Crippen LogP contribution in [0.25, 0.3) is 0 Å². The zero-order valence-corrected chi connectivity index (χ0v) is 77.3. The quantitative estimate of drug-likeness (QED) is 0.0143. The van der Waals surface area contributed by atoms with E-state index in [1.54, 1.807) is 0 Å². The number of unbranched alkanes of at least 4 members (excludes halogenated alkanes) is 54. The lowest BCUT2D eigenvalue weighted by atomic mass is 9.86. The molecule has 1 aliphatic rings. The Morgan fingerprint density at radius 1 is 0.368 bits per heavy atom. The van der Waals surface area contributed by atoms with Gasteiger partial charge in [-0.15, -0.1) is 0 Å². The summed E-state index contributed by atoms with van der Waals surface area (Å²) in [5, 5.41) is 28.5. The SMILES string of the molecule is CCCCCCCCCCCCCC(=O)O[C@H](CCCCCCCCCCC)CC(=O)NCC(CC)(CO)CO[C@H]1OC(CO)[C@@H](OP(=O)(O)O)[C@H](OC(=O)C[C@@H](CCCCCCCCCCC)OC(=O)CCCCCCCCCCCCC)C1NC(=O)C[C@@H](CCCCCCCCCCC)OC(=O)CCCCCCCCCCCCC. The second-order valence-corrected chi connectivity index (χ2v) is 36.3. The number of esters is 4. The highest BCUT2D eigenvalue weighted by atomic mass is 31.2. The topological polar surface area (TPSA) is 289 Å². The molecule has 20 nitrogen and oxygen atoms in total. The molecular formula is C96H183N2O18P. The summed E-state index contributed by atoms with van der Waals surface area (Å²) in [4.78, 5) is 107. The first-order valence-electron chi connectivity index (χ1n) is 49.4. The van der Waals surface area contributed by atoms with E-state index in [-0.39, 0.29) is 57.6 Å². The number of carbonyl (C=O) groups excluding carboxylic acids is 6. The predicted octanol–water partition coefficient (Wildman–Crippen LogP) is 24.9. The van der Waals surface area contributed by atoms with Gasteiger partial charge in [0.25, 0.3) is 0 Å². The third-order valence-corrected chi connectivity index (χ3v) is 24.5. The Bertz CT molecular complexity index is 2380. The van der Waals surface area contributed by atoms with E-state index in [0.717, 1.165) is 167 Å². The molecule has 6 N–H and O–H groups in total. The minimum absolute atomic E-state index is 0.105. The highest BCUT2D eigenvalue weighted by molar-refractivity contribution is 7.46. The van der Waals surface area contributed by atoms with Crippen LogP contribution in [0.2, 0.25) is 0 Å². The van der Waals surface area contributed by atoms with Gasteiger partial charge in [-0.2, -0.15) is 0 Å². The van der Waals surface area contributed by atoms with Crippen molar-refractivity contribution in [2.45, 2.75) is 547 Å². The van der Waals surface area contributed by atoms with Crippen molar-refractivity contribution in [3.8, 4) is 0 Å². The van der Waals surface area contributed by atoms with Crippen molar-refractivity contribution in [3.05, 3.63) is 0 Å². The van der Waals surface area contributed by atoms with Crippen LogP contribution >= 0.6 is 7.82 Å². The molecule has 1 aliphatic heterocycles. The highest BCUT2D eigenvalue weighted by Gasteiger charge is 2.53. The van der Waals surface area contributed by atoms with Gasteiger partial charge in [0.2, 0.25) is 11.8 Å². The van der Waals surface area contributed by atoms with Crippen molar-refractivity contribution in [3.63, 3.8) is 0 Å². The van der Waals surface area contributed by atoms with Gasteiger partial charge >= 0.3 is 31.7 Å². The number of phosphoric acid groups is 1. The van der Waals surface area contributed by atoms with Gasteiger partial charge < -0.3 is 59.1 Å². The maximum Gasteiger partial charge on any atom is 0.470 e. The molecular weight excluding hydrogens is 1500 g/mol. The molecule has 0 aromatic heterocycles. The molecule has 690 valence electrons. The van der Waals surface area contributed by atoms with Gasteiger partial charge in [0, 0.05) is 31.2 Å². The van der Waals surface area contributed by atoms with Crippen molar-refractivity contribution < 1.29 is 86.3 Å². The van der Waals surface area contributed by atoms with E-state index in [9.17, 15) is 48.5 Å². The first kappa shape index (κ1) is 112. The molecule has 0 spiro atoms. The van der Waals surface area contributed by atoms with Crippen molar-refractivity contribution in [2.24, 2.45) is 5.41 Å². The van der Waals surface area contributed by atoms with Crippen molar-refractivity contribution in [1.82, 2.24) is 10.6 Å². The van der Waals surface area contributed by atoms with Gasteiger partial charge in [0.05, 0.1) is 39.1 Å². The molecule has 0 aromatic rings. The van der Waals surface area contributed by atoms with Crippen LogP contribution in [0.1, 0.15) is 498 Å². The Balaban J connectivity index is 3.84. The number of hydrogen-bond acceptors (Lipinski definition) is 16. The van der Waals surface area contributed by atoms with Crippen LogP contribution in [0.15, 0.2) is 0 Å². The standard InChI is InChI=1S/C96H183N2O18P/c1-8-15-21-27-33-39-42-48-54-60-66-72-88(103)111-82(69-63-57-51-45-36-30-24-18-11-4)75-86(101)97-79-96(14-7,80-100)81-110-95-92(98-87(102)76-83(70-64-58-52-46-37-31-25-19-12-5)112-89(104)73-67-61-55-49-43-40-34-28-22-16-9-2)94(93(85(78-99)114-95)116-117(107,108)109)115-91(106)77-84(71-65-59-53-47-38-32-26-20-13-6)113-90(105)74-68-62-56-50-44-41-35-29-23-17-10-3/h82-85,92-95,99-100H,8-81H2,1-7H3,(H,97,101)(H,98,102)(H2,107,108,109)/t82-,83-,84-,85?,92?,93-,94-,95+,96?/m1/s1. The molecule has 3 unspecified atom stereocenters. The molecule has 0 saturated carbocycles. The number of aliphatic hydroxyl groups excluding tert-OH is 2. The fourth-order valence-electron chi connectivity index (χ4n) is 16.1. The number of rotatable bonds is 87. The first-order chi connectivity index (χ1) is 56.9. The van der Waals surface area contributed by atoms with Crippen LogP contribution in [0, 0.1) is 5.41 Å². The van der Waals surface area contributed by atoms with Crippen molar-refractivity contribution in [2.75, 3.05) is 26.4 Å². The van der Waals surface area contributed by atoms with Crippen LogP contribution in [-0.2, 0) is 66.3 Å². The number of phosphoric ester groups is 1. The molecule has 0 aromatic carbocycles. The monoisotopic (exact) mass is 1680 g/mol. The molecule has 0 bridgehead atoms. The summed E-state index contributed by atoms with van der Waals surface area (Å²) in [5.41, 5.74) is -1.24. The Labute approximate surface area is 715 Å². The number of carbonyl (C=O) groups is 6. The van der Waals surface area contributed by atoms with Gasteiger partial charge in [-0.25, -0.2) is 4.57 Å². The molecule has 1 fully saturated rings. The van der Waals surface area contributed by atoms with Gasteiger partial charge in [-0.1, -0.05) is 395 Å². The normalized spacial score (nSPS) is 17.0. The highest BCUT2D eigenvalue weighted by Crippen LogP contribution is 2.43. The zero-order chi connectivity index (χ0) is 85.8. The average Bonchev–Trinajstić information content (AvgIpc) is 0.777. The molecule has 1 rings (SSSR count). The first-order valence-corrected chi connectivity index (χ1v) is 51.0. The van der Waals surface area contributed by atoms with Crippen LogP contribution in [0.3, 0.4) is 0 Å². The molecule has 0 radical (unpaired) electrons. The van der Waals surface area contributed by atoms with Crippen molar-refractivity contribution in [1.29, 1.82) is 0 Å². The lowest BCUT2D eigenvalue weighted by Crippen LogP contribution is -2.66. The summed E-state index contributed by atoms with van der Waals surface area (Å²) in [6.07, 6.45) is 57.2. The van der Waals surface area contributed by atoms with Crippen molar-refractivity contribution >= 4 is 43.5 Å². The average molecular weight is 1680 g/mol. The van der Waals surface area contributed by atoms with E-state index in [0.29, 0.717) is 51.4 Å². The Morgan fingerprint density at radius 3 is 0.932 bits per heavy atom. The molecule has 9 atom stereocenters. The second-order valence-electron chi connectivity index (χ2n) is 35.1. The van der Waals surface area contributed by atoms with E-state index < -0.39 is 112 Å². The summed E-state index contributed by atoms with van der Waals surface area (Å²) in [6, 6.07) is -1.65. The van der Waals surface area contributed by atoms with E-state index >= 15 is 4.79 Å². The summed E-state index contributed by atoms with van der Waals surface area (Å²) < 4.78 is 56.4. The fraction of sp³-hybridized carbons (Fsp3) is 0.938. The fourth-order valence-corrected chi connectivity index (χ4v) is 16.7. The maximum atomic E-state index is 15.1. The van der Waals surface area contributed by atoms with Gasteiger partial charge in [-0.3, -0.25) is 33.3 Å². The second kappa shape index (κ2) is 78.7. The largest absolute Gasteiger partial charge is 0.470 e. The van der Waals surface area contributed by atoms with E-state index in [1.165, 1.54) is 186 Å². The zero-order valence-electron chi connectivity index (χ0n) is 76.4. The van der Waals surface area contributed by atoms with Crippen LogP contribution in [-0.4, -0.2) is 131 Å². The third-order valence-electron chi connectivity index (χ3n) is 23.9. The van der Waals surface area contributed by atoms with Crippen LogP contribution in [0.4, 0.5) is 0 Å². The van der Waals surface area contributed by atoms with Crippen LogP contribution < -0.4 is 10.6 Å². The predicted molar refractivity (Wildman–Crippen MR) is 476 cm³/mol. The van der Waals surface area contributed by atoms with E-state index in [4.69, 9.17) is 32.9 Å². The van der Waals surface area contributed by atoms with Gasteiger partial charge in [-0.05, 0) is 64.2 Å². The lowest BCUT2D eigenvalue weighted by molar-refractivity contribution is -0.278. The number of amides is 2. The minimum Gasteiger partial charge on any atom is -0.462 e. The molecule has 2 amide bonds. The Kier molecular flexibility index (Phi) is 75.2. The third kappa shape index (κ3) is 65.1. The maximum absolute atomic E-state index is 15.1. The molecule has 0 aliphatic carbocycles. The smallest absolute Gasteiger partial charge is 0.462 e. The van der Waals surface area contributed by atoms with E-state index in [1.807, 2.05) is 6.92 Å². The summed E-state index contributed by atoms with van der Waals surface area (Å²) in [7, 11) is -5.53. The number of nitrogens with one attached hydrogen (secondary N) is 2. The summed E-state index contributed by atoms with van der Waals surface area (Å²) >= 11 is 0. The molecule has 1 saturated heterocycles.